The van der Waals surface area contributed by atoms with Crippen LogP contribution in [0.2, 0.25) is 0 Å². The second-order valence-corrected chi connectivity index (χ2v) is 6.43. The van der Waals surface area contributed by atoms with Gasteiger partial charge in [-0.2, -0.15) is 5.10 Å². The van der Waals surface area contributed by atoms with E-state index < -0.39 is 0 Å². The number of aromatic nitrogens is 2. The number of aliphatic hydroxyl groups is 1. The molecule has 2 N–H and O–H groups in total. The summed E-state index contributed by atoms with van der Waals surface area (Å²) in [4.78, 5) is 12.3. The average Bonchev–Trinajstić information content (AvgIpc) is 2.95. The molecule has 2 aromatic rings. The van der Waals surface area contributed by atoms with E-state index in [9.17, 15) is 9.90 Å². The van der Waals surface area contributed by atoms with Crippen LogP contribution in [0.1, 0.15) is 30.0 Å². The molecule has 1 aliphatic rings. The number of carbonyl (C=O) groups is 1. The van der Waals surface area contributed by atoms with Crippen molar-refractivity contribution in [3.05, 3.63) is 47.8 Å². The summed E-state index contributed by atoms with van der Waals surface area (Å²) >= 11 is 0. The van der Waals surface area contributed by atoms with E-state index in [2.05, 4.69) is 10.4 Å². The van der Waals surface area contributed by atoms with Gasteiger partial charge in [0, 0.05) is 18.8 Å². The Kier molecular flexibility index (Phi) is 4.85. The normalized spacial score (nSPS) is 21.0. The molecule has 1 saturated carbocycles. The topological polar surface area (TPSA) is 76.4 Å². The van der Waals surface area contributed by atoms with E-state index in [4.69, 9.17) is 4.74 Å². The third-order valence-corrected chi connectivity index (χ3v) is 4.47. The van der Waals surface area contributed by atoms with Crippen molar-refractivity contribution in [2.24, 2.45) is 13.0 Å². The van der Waals surface area contributed by atoms with Crippen molar-refractivity contribution in [3.8, 4) is 5.75 Å². The molecule has 0 spiro atoms. The number of para-hydroxylation sites is 1. The molecule has 0 aliphatic heterocycles. The summed E-state index contributed by atoms with van der Waals surface area (Å²) in [5, 5.41) is 16.8. The number of ether oxygens (including phenoxy) is 1. The lowest BCUT2D eigenvalue weighted by Crippen LogP contribution is -2.42. The summed E-state index contributed by atoms with van der Waals surface area (Å²) in [5.74, 6) is 0.768. The van der Waals surface area contributed by atoms with Crippen molar-refractivity contribution in [1.29, 1.82) is 0 Å². The fourth-order valence-electron chi connectivity index (χ4n) is 3.05. The van der Waals surface area contributed by atoms with Crippen molar-refractivity contribution in [2.75, 3.05) is 6.61 Å². The van der Waals surface area contributed by atoms with Crippen LogP contribution in [0.5, 0.6) is 5.75 Å². The quantitative estimate of drug-likeness (QED) is 0.846. The molecule has 24 heavy (non-hydrogen) atoms. The van der Waals surface area contributed by atoms with Gasteiger partial charge in [0.2, 0.25) is 0 Å². The van der Waals surface area contributed by atoms with Crippen LogP contribution in [-0.2, 0) is 11.8 Å². The Hall–Kier alpha value is -2.34. The van der Waals surface area contributed by atoms with Crippen LogP contribution in [0.4, 0.5) is 0 Å². The average molecular weight is 329 g/mol. The summed E-state index contributed by atoms with van der Waals surface area (Å²) < 4.78 is 7.33. The van der Waals surface area contributed by atoms with E-state index in [-0.39, 0.29) is 30.6 Å². The first kappa shape index (κ1) is 16.5. The highest BCUT2D eigenvalue weighted by Gasteiger charge is 2.36. The zero-order valence-electron chi connectivity index (χ0n) is 14.0. The van der Waals surface area contributed by atoms with Gasteiger partial charge in [0.05, 0.1) is 18.3 Å². The largest absolute Gasteiger partial charge is 0.484 e. The van der Waals surface area contributed by atoms with Crippen molar-refractivity contribution >= 4 is 5.91 Å². The van der Waals surface area contributed by atoms with Gasteiger partial charge in [-0.1, -0.05) is 18.2 Å². The molecule has 0 saturated heterocycles. The minimum atomic E-state index is -0.269. The van der Waals surface area contributed by atoms with Crippen LogP contribution < -0.4 is 10.1 Å². The molecule has 1 aliphatic carbocycles. The van der Waals surface area contributed by atoms with Gasteiger partial charge >= 0.3 is 0 Å². The summed E-state index contributed by atoms with van der Waals surface area (Å²) in [6.45, 7) is 1.92. The molecule has 1 fully saturated rings. The summed E-state index contributed by atoms with van der Waals surface area (Å²) in [6, 6.07) is 7.47. The molecule has 1 aromatic carbocycles. The van der Waals surface area contributed by atoms with Gasteiger partial charge < -0.3 is 15.2 Å². The Morgan fingerprint density at radius 1 is 1.46 bits per heavy atom. The first-order valence-electron chi connectivity index (χ1n) is 8.17. The highest BCUT2D eigenvalue weighted by Crippen LogP contribution is 2.37. The van der Waals surface area contributed by atoms with E-state index in [1.165, 1.54) is 0 Å². The monoisotopic (exact) mass is 329 g/mol. The summed E-state index contributed by atoms with van der Waals surface area (Å²) in [6.07, 6.45) is 4.78. The molecule has 0 bridgehead atoms. The predicted octanol–water partition coefficient (Wildman–Crippen LogP) is 1.74. The number of benzene rings is 1. The van der Waals surface area contributed by atoms with Crippen LogP contribution in [-0.4, -0.2) is 33.5 Å². The molecule has 6 nitrogen and oxygen atoms in total. The van der Waals surface area contributed by atoms with Gasteiger partial charge in [0.25, 0.3) is 5.91 Å². The zero-order valence-corrected chi connectivity index (χ0v) is 14.0. The second kappa shape index (κ2) is 7.05. The third kappa shape index (κ3) is 3.76. The number of rotatable bonds is 6. The number of hydrogen-bond donors (Lipinski definition) is 2. The van der Waals surface area contributed by atoms with Crippen LogP contribution in [0, 0.1) is 12.8 Å². The molecule has 0 radical (unpaired) electrons. The van der Waals surface area contributed by atoms with Gasteiger partial charge in [-0.05, 0) is 37.3 Å². The van der Waals surface area contributed by atoms with Crippen molar-refractivity contribution in [2.45, 2.75) is 31.9 Å². The molecule has 3 rings (SSSR count). The van der Waals surface area contributed by atoms with Gasteiger partial charge in [-0.15, -0.1) is 0 Å². The highest BCUT2D eigenvalue weighted by molar-refractivity contribution is 5.78. The maximum atomic E-state index is 12.3. The fourth-order valence-corrected chi connectivity index (χ4v) is 3.05. The molecular weight excluding hydrogens is 306 g/mol. The molecule has 1 amide bonds. The second-order valence-electron chi connectivity index (χ2n) is 6.43. The maximum Gasteiger partial charge on any atom is 0.258 e. The number of aliphatic hydroxyl groups excluding tert-OH is 1. The van der Waals surface area contributed by atoms with Crippen LogP contribution in [0.3, 0.4) is 0 Å². The van der Waals surface area contributed by atoms with E-state index in [1.54, 1.807) is 10.9 Å². The van der Waals surface area contributed by atoms with E-state index >= 15 is 0 Å². The first-order valence-corrected chi connectivity index (χ1v) is 8.17. The Balaban J connectivity index is 1.62. The summed E-state index contributed by atoms with van der Waals surface area (Å²) in [5.41, 5.74) is 1.95. The number of carbonyl (C=O) groups excluding carboxylic acids is 1. The number of nitrogens with one attached hydrogen (secondary N) is 1. The molecule has 1 atom stereocenters. The number of aryl methyl sites for hydroxylation is 2. The molecular formula is C18H23N3O3. The zero-order chi connectivity index (χ0) is 17.1. The standard InChI is InChI=1S/C18H23N3O3/c1-12-5-3-4-6-16(12)24-11-17(23)20-18(13-7-15(22)8-13)14-9-19-21(2)10-14/h3-6,9-10,13,15,18,22H,7-8,11H2,1-2H3,(H,20,23)/t13?,15?,18-/m0/s1. The van der Waals surface area contributed by atoms with Crippen molar-refractivity contribution < 1.29 is 14.6 Å². The summed E-state index contributed by atoms with van der Waals surface area (Å²) in [7, 11) is 1.85. The number of amides is 1. The number of hydrogen-bond acceptors (Lipinski definition) is 4. The van der Waals surface area contributed by atoms with E-state index in [1.807, 2.05) is 44.4 Å². The highest BCUT2D eigenvalue weighted by atomic mass is 16.5. The van der Waals surface area contributed by atoms with Crippen LogP contribution in [0.15, 0.2) is 36.7 Å². The van der Waals surface area contributed by atoms with Gasteiger partial charge in [0.1, 0.15) is 5.75 Å². The lowest BCUT2D eigenvalue weighted by atomic mass is 9.75. The molecule has 0 unspecified atom stereocenters. The molecule has 6 heteroatoms. The lowest BCUT2D eigenvalue weighted by Gasteiger charge is -2.37. The minimum Gasteiger partial charge on any atom is -0.484 e. The van der Waals surface area contributed by atoms with Gasteiger partial charge in [-0.3, -0.25) is 9.48 Å². The number of nitrogens with zero attached hydrogens (tertiary/aromatic N) is 2. The maximum absolute atomic E-state index is 12.3. The van der Waals surface area contributed by atoms with Gasteiger partial charge in [-0.25, -0.2) is 0 Å². The fraction of sp³-hybridized carbons (Fsp3) is 0.444. The van der Waals surface area contributed by atoms with Crippen LogP contribution >= 0.6 is 0 Å². The van der Waals surface area contributed by atoms with E-state index in [0.29, 0.717) is 18.6 Å². The molecule has 1 heterocycles. The SMILES string of the molecule is Cc1ccccc1OCC(=O)N[C@H](c1cnn(C)c1)C1CC(O)C1. The Bertz CT molecular complexity index is 707. The third-order valence-electron chi connectivity index (χ3n) is 4.47. The lowest BCUT2D eigenvalue weighted by molar-refractivity contribution is -0.125. The first-order chi connectivity index (χ1) is 11.5. The van der Waals surface area contributed by atoms with E-state index in [0.717, 1.165) is 11.1 Å². The van der Waals surface area contributed by atoms with Crippen molar-refractivity contribution in [3.63, 3.8) is 0 Å². The predicted molar refractivity (Wildman–Crippen MR) is 89.5 cm³/mol. The smallest absolute Gasteiger partial charge is 0.258 e. The molecule has 1 aromatic heterocycles. The molecule has 128 valence electrons. The van der Waals surface area contributed by atoms with Gasteiger partial charge in [0.15, 0.2) is 6.61 Å². The minimum absolute atomic E-state index is 0.0309. The van der Waals surface area contributed by atoms with Crippen molar-refractivity contribution in [1.82, 2.24) is 15.1 Å². The Morgan fingerprint density at radius 3 is 2.83 bits per heavy atom. The Labute approximate surface area is 141 Å². The Morgan fingerprint density at radius 2 is 2.21 bits per heavy atom. The van der Waals surface area contributed by atoms with Crippen LogP contribution in [0.25, 0.3) is 0 Å².